The van der Waals surface area contributed by atoms with Crippen molar-refractivity contribution in [1.29, 1.82) is 0 Å². The average molecular weight is 283 g/mol. The summed E-state index contributed by atoms with van der Waals surface area (Å²) < 4.78 is 33.1. The number of furan rings is 1. The van der Waals surface area contributed by atoms with Gasteiger partial charge in [-0.1, -0.05) is 0 Å². The van der Waals surface area contributed by atoms with Crippen molar-refractivity contribution in [3.63, 3.8) is 0 Å². The lowest BCUT2D eigenvalue weighted by Gasteiger charge is -2.01. The van der Waals surface area contributed by atoms with E-state index in [1.54, 1.807) is 21.0 Å². The molecule has 2 rings (SSSR count). The summed E-state index contributed by atoms with van der Waals surface area (Å²) in [7, 11) is -0.585. The summed E-state index contributed by atoms with van der Waals surface area (Å²) in [6, 6.07) is 2.77. The van der Waals surface area contributed by atoms with Crippen LogP contribution in [0.2, 0.25) is 0 Å². The second-order valence-electron chi connectivity index (χ2n) is 4.29. The van der Waals surface area contributed by atoms with Crippen LogP contribution in [0.4, 0.5) is 0 Å². The lowest BCUT2D eigenvalue weighted by molar-refractivity contribution is -0.610. The Morgan fingerprint density at radius 1 is 1.42 bits per heavy atom. The number of nitrogens with zero attached hydrogens (tertiary/aromatic N) is 3. The van der Waals surface area contributed by atoms with E-state index in [1.165, 1.54) is 29.6 Å². The third kappa shape index (κ3) is 2.68. The highest BCUT2D eigenvalue weighted by Gasteiger charge is 2.20. The SMILES string of the molecule is Cc1cc2oc(S(=O)(=O)/N=C/N(C)C)cc2c[n+]1[O-]. The maximum Gasteiger partial charge on any atom is 0.317 e. The summed E-state index contributed by atoms with van der Waals surface area (Å²) in [5, 5.41) is 11.5. The molecule has 2 aromatic heterocycles. The summed E-state index contributed by atoms with van der Waals surface area (Å²) >= 11 is 0. The van der Waals surface area contributed by atoms with Crippen LogP contribution < -0.4 is 4.73 Å². The Hall–Kier alpha value is -2.09. The molecule has 0 aromatic carbocycles. The third-order valence-corrected chi connectivity index (χ3v) is 3.46. The van der Waals surface area contributed by atoms with Crippen LogP contribution >= 0.6 is 0 Å². The lowest BCUT2D eigenvalue weighted by Crippen LogP contribution is -2.28. The van der Waals surface area contributed by atoms with Crippen LogP contribution in [0, 0.1) is 12.1 Å². The van der Waals surface area contributed by atoms with Gasteiger partial charge in [0.05, 0.1) is 5.39 Å². The van der Waals surface area contributed by atoms with Gasteiger partial charge in [-0.2, -0.15) is 13.1 Å². The summed E-state index contributed by atoms with van der Waals surface area (Å²) in [4.78, 5) is 1.50. The molecule has 2 heterocycles. The molecule has 7 nitrogen and oxygen atoms in total. The van der Waals surface area contributed by atoms with E-state index in [2.05, 4.69) is 4.40 Å². The zero-order chi connectivity index (χ0) is 14.2. The van der Waals surface area contributed by atoms with Crippen LogP contribution in [0.25, 0.3) is 11.0 Å². The second kappa shape index (κ2) is 4.54. The van der Waals surface area contributed by atoms with Crippen LogP contribution in [0.1, 0.15) is 5.69 Å². The molecular formula is C11H13N3O4S. The number of fused-ring (bicyclic) bond motifs is 1. The van der Waals surface area contributed by atoms with Gasteiger partial charge >= 0.3 is 10.0 Å². The predicted molar refractivity (Wildman–Crippen MR) is 69.3 cm³/mol. The first-order valence-corrected chi connectivity index (χ1v) is 6.84. The normalized spacial score (nSPS) is 12.4. The molecule has 0 saturated carbocycles. The number of sulfonamides is 1. The van der Waals surface area contributed by atoms with Crippen molar-refractivity contribution in [3.8, 4) is 0 Å². The Kier molecular flexibility index (Phi) is 3.19. The fraction of sp³-hybridized carbons (Fsp3) is 0.273. The van der Waals surface area contributed by atoms with E-state index in [-0.39, 0.29) is 5.09 Å². The van der Waals surface area contributed by atoms with Crippen LogP contribution in [-0.2, 0) is 10.0 Å². The molecule has 0 aliphatic carbocycles. The zero-order valence-electron chi connectivity index (χ0n) is 10.7. The van der Waals surface area contributed by atoms with Crippen LogP contribution in [-0.4, -0.2) is 33.8 Å². The molecule has 0 unspecified atom stereocenters. The Morgan fingerprint density at radius 2 is 2.11 bits per heavy atom. The number of hydrogen-bond donors (Lipinski definition) is 0. The highest BCUT2D eigenvalue weighted by Crippen LogP contribution is 2.23. The van der Waals surface area contributed by atoms with Crippen molar-refractivity contribution in [1.82, 2.24) is 4.90 Å². The molecule has 0 radical (unpaired) electrons. The smallest absolute Gasteiger partial charge is 0.317 e. The second-order valence-corrected chi connectivity index (χ2v) is 5.85. The number of rotatable bonds is 3. The van der Waals surface area contributed by atoms with Crippen molar-refractivity contribution < 1.29 is 17.6 Å². The average Bonchev–Trinajstić information content (AvgIpc) is 2.71. The van der Waals surface area contributed by atoms with Crippen molar-refractivity contribution >= 4 is 27.3 Å². The number of hydrogen-bond acceptors (Lipinski definition) is 4. The molecule has 0 aliphatic heterocycles. The van der Waals surface area contributed by atoms with Gasteiger partial charge < -0.3 is 14.5 Å². The molecule has 0 bridgehead atoms. The van der Waals surface area contributed by atoms with Gasteiger partial charge in [-0.15, -0.1) is 4.40 Å². The Morgan fingerprint density at radius 3 is 2.74 bits per heavy atom. The van der Waals surface area contributed by atoms with E-state index < -0.39 is 10.0 Å². The molecule has 2 aromatic rings. The minimum Gasteiger partial charge on any atom is -0.618 e. The summed E-state index contributed by atoms with van der Waals surface area (Å²) in [5.41, 5.74) is 0.755. The Balaban J connectivity index is 2.52. The minimum atomic E-state index is -3.89. The molecule has 102 valence electrons. The molecule has 0 aliphatic rings. The van der Waals surface area contributed by atoms with Crippen LogP contribution in [0.3, 0.4) is 0 Å². The lowest BCUT2D eigenvalue weighted by atomic mass is 10.3. The predicted octanol–water partition coefficient (Wildman–Crippen LogP) is 0.653. The van der Waals surface area contributed by atoms with E-state index in [9.17, 15) is 13.6 Å². The van der Waals surface area contributed by atoms with E-state index in [0.717, 1.165) is 0 Å². The van der Waals surface area contributed by atoms with Gasteiger partial charge in [0.2, 0.25) is 5.09 Å². The molecular weight excluding hydrogens is 270 g/mol. The minimum absolute atomic E-state index is 0.286. The molecule has 8 heteroatoms. The van der Waals surface area contributed by atoms with Crippen LogP contribution in [0.15, 0.2) is 32.2 Å². The first-order valence-electron chi connectivity index (χ1n) is 5.40. The fourth-order valence-corrected chi connectivity index (χ4v) is 2.31. The molecule has 0 saturated heterocycles. The van der Waals surface area contributed by atoms with E-state index in [4.69, 9.17) is 4.42 Å². The summed E-state index contributed by atoms with van der Waals surface area (Å²) in [5.74, 6) is 0. The molecule has 0 atom stereocenters. The third-order valence-electron chi connectivity index (χ3n) is 2.38. The zero-order valence-corrected chi connectivity index (χ0v) is 11.5. The van der Waals surface area contributed by atoms with Gasteiger partial charge in [-0.05, 0) is 0 Å². The van der Waals surface area contributed by atoms with Gasteiger partial charge in [0.25, 0.3) is 0 Å². The molecule has 0 N–H and O–H groups in total. The number of aryl methyl sites for hydroxylation is 1. The highest BCUT2D eigenvalue weighted by atomic mass is 32.2. The van der Waals surface area contributed by atoms with Gasteiger partial charge in [0, 0.05) is 33.2 Å². The van der Waals surface area contributed by atoms with Gasteiger partial charge in [0.15, 0.2) is 11.9 Å². The van der Waals surface area contributed by atoms with Crippen molar-refractivity contribution in [2.24, 2.45) is 4.40 Å². The summed E-state index contributed by atoms with van der Waals surface area (Å²) in [6.45, 7) is 1.60. The van der Waals surface area contributed by atoms with Crippen LogP contribution in [0.5, 0.6) is 0 Å². The maximum absolute atomic E-state index is 11.9. The van der Waals surface area contributed by atoms with E-state index in [1.807, 2.05) is 0 Å². The fourth-order valence-electron chi connectivity index (χ4n) is 1.43. The topological polar surface area (TPSA) is 89.8 Å². The molecule has 0 spiro atoms. The quantitative estimate of drug-likeness (QED) is 0.357. The van der Waals surface area contributed by atoms with Crippen molar-refractivity contribution in [2.45, 2.75) is 12.0 Å². The number of aromatic nitrogens is 1. The molecule has 0 amide bonds. The monoisotopic (exact) mass is 283 g/mol. The maximum atomic E-state index is 11.9. The van der Waals surface area contributed by atoms with Gasteiger partial charge in [0.1, 0.15) is 11.9 Å². The first-order chi connectivity index (χ1) is 8.79. The van der Waals surface area contributed by atoms with Gasteiger partial charge in [-0.3, -0.25) is 0 Å². The first kappa shape index (κ1) is 13.3. The van der Waals surface area contributed by atoms with Crippen molar-refractivity contribution in [2.75, 3.05) is 14.1 Å². The molecule has 0 fully saturated rings. The Labute approximate surface area is 110 Å². The number of pyridine rings is 1. The standard InChI is InChI=1S/C11H13N3O4S/c1-8-4-10-9(6-14(8)15)5-11(18-10)19(16,17)12-7-13(2)3/h4-7H,1-3H3/b12-7+. The van der Waals surface area contributed by atoms with Crippen molar-refractivity contribution in [3.05, 3.63) is 29.2 Å². The highest BCUT2D eigenvalue weighted by molar-refractivity contribution is 7.90. The van der Waals surface area contributed by atoms with Gasteiger partial charge in [-0.25, -0.2) is 0 Å². The largest absolute Gasteiger partial charge is 0.618 e. The summed E-state index contributed by atoms with van der Waals surface area (Å²) in [6.07, 6.45) is 2.43. The Bertz CT molecular complexity index is 708. The van der Waals surface area contributed by atoms with E-state index in [0.29, 0.717) is 21.4 Å². The molecule has 19 heavy (non-hydrogen) atoms. The van der Waals surface area contributed by atoms with E-state index >= 15 is 0 Å².